The van der Waals surface area contributed by atoms with Gasteiger partial charge in [-0.1, -0.05) is 45.0 Å². The van der Waals surface area contributed by atoms with Crippen LogP contribution in [0.1, 0.15) is 43.9 Å². The fourth-order valence-electron chi connectivity index (χ4n) is 1.98. The Morgan fingerprint density at radius 2 is 1.82 bits per heavy atom. The Labute approximate surface area is 131 Å². The Kier molecular flexibility index (Phi) is 5.04. The Morgan fingerprint density at radius 1 is 1.18 bits per heavy atom. The summed E-state index contributed by atoms with van der Waals surface area (Å²) in [6.45, 7) is 6.69. The summed E-state index contributed by atoms with van der Waals surface area (Å²) in [5.74, 6) is 0.252. The number of rotatable bonds is 5. The molecule has 1 heterocycles. The lowest BCUT2D eigenvalue weighted by Crippen LogP contribution is -2.17. The van der Waals surface area contributed by atoms with Gasteiger partial charge in [0, 0.05) is 18.0 Å². The maximum atomic E-state index is 7.88. The molecule has 2 aromatic rings. The van der Waals surface area contributed by atoms with Crippen LogP contribution in [0.25, 0.3) is 0 Å². The summed E-state index contributed by atoms with van der Waals surface area (Å²) in [5.41, 5.74) is 6.01. The molecule has 4 heteroatoms. The molecule has 22 heavy (non-hydrogen) atoms. The minimum Gasteiger partial charge on any atom is -0.283 e. The van der Waals surface area contributed by atoms with E-state index in [0.29, 0.717) is 0 Å². The van der Waals surface area contributed by atoms with E-state index in [1.165, 1.54) is 5.56 Å². The number of hydrogen-bond donors (Lipinski definition) is 2. The lowest BCUT2D eigenvalue weighted by molar-refractivity contribution is 0.506. The summed E-state index contributed by atoms with van der Waals surface area (Å²) in [4.78, 5) is 3.93. The number of hydrazone groups is 1. The van der Waals surface area contributed by atoms with E-state index in [1.54, 1.807) is 30.7 Å². The van der Waals surface area contributed by atoms with Crippen LogP contribution in [0.3, 0.4) is 0 Å². The number of pyridine rings is 1. The van der Waals surface area contributed by atoms with Crippen molar-refractivity contribution in [3.05, 3.63) is 65.5 Å². The highest BCUT2D eigenvalue weighted by Crippen LogP contribution is 2.26. The van der Waals surface area contributed by atoms with E-state index in [9.17, 15) is 0 Å². The zero-order chi connectivity index (χ0) is 16.0. The molecular weight excluding hydrogens is 272 g/mol. The average molecular weight is 294 g/mol. The number of aromatic nitrogens is 1. The van der Waals surface area contributed by atoms with Gasteiger partial charge in [-0.3, -0.25) is 15.8 Å². The van der Waals surface area contributed by atoms with Gasteiger partial charge in [0.15, 0.2) is 0 Å². The second kappa shape index (κ2) is 6.98. The molecule has 2 N–H and O–H groups in total. The third-order valence-corrected chi connectivity index (χ3v) is 3.94. The molecule has 0 fully saturated rings. The standard InChI is InChI=1S/C18H22N4/c1-4-18(2,3)16-7-5-14(6-8-16)13-21-22-17(19)15-9-11-20-12-10-15/h5-13H,4H2,1-3H3,(H2,19,22). The monoisotopic (exact) mass is 294 g/mol. The first kappa shape index (κ1) is 15.9. The zero-order valence-electron chi connectivity index (χ0n) is 13.3. The van der Waals surface area contributed by atoms with Crippen molar-refractivity contribution in [3.8, 4) is 0 Å². The van der Waals surface area contributed by atoms with Crippen LogP contribution in [0, 0.1) is 5.41 Å². The lowest BCUT2D eigenvalue weighted by atomic mass is 9.82. The molecule has 0 spiro atoms. The minimum atomic E-state index is 0.192. The lowest BCUT2D eigenvalue weighted by Gasteiger charge is -2.23. The van der Waals surface area contributed by atoms with Crippen molar-refractivity contribution in [1.82, 2.24) is 10.4 Å². The van der Waals surface area contributed by atoms with E-state index in [2.05, 4.69) is 48.4 Å². The van der Waals surface area contributed by atoms with Crippen molar-refractivity contribution in [3.63, 3.8) is 0 Å². The quantitative estimate of drug-likeness (QED) is 0.501. The largest absolute Gasteiger partial charge is 0.283 e. The Balaban J connectivity index is 1.98. The summed E-state index contributed by atoms with van der Waals surface area (Å²) in [6, 6.07) is 11.9. The SMILES string of the molecule is CCC(C)(C)c1ccc(C=NNC(=N)c2ccncc2)cc1. The van der Waals surface area contributed by atoms with Crippen molar-refractivity contribution in [2.45, 2.75) is 32.6 Å². The fraction of sp³-hybridized carbons (Fsp3) is 0.278. The molecule has 0 unspecified atom stereocenters. The molecule has 114 valence electrons. The maximum Gasteiger partial charge on any atom is 0.146 e. The molecule has 0 radical (unpaired) electrons. The van der Waals surface area contributed by atoms with E-state index in [-0.39, 0.29) is 11.3 Å². The average Bonchev–Trinajstić information content (AvgIpc) is 2.56. The van der Waals surface area contributed by atoms with Gasteiger partial charge < -0.3 is 0 Å². The van der Waals surface area contributed by atoms with Gasteiger partial charge >= 0.3 is 0 Å². The molecule has 0 saturated carbocycles. The second-order valence-electron chi connectivity index (χ2n) is 5.84. The third kappa shape index (κ3) is 4.01. The van der Waals surface area contributed by atoms with Crippen LogP contribution in [0.15, 0.2) is 53.9 Å². The summed E-state index contributed by atoms with van der Waals surface area (Å²) in [7, 11) is 0. The number of hydrogen-bond acceptors (Lipinski definition) is 3. The third-order valence-electron chi connectivity index (χ3n) is 3.94. The molecule has 0 aliphatic carbocycles. The topological polar surface area (TPSA) is 61.1 Å². The van der Waals surface area contributed by atoms with E-state index < -0.39 is 0 Å². The van der Waals surface area contributed by atoms with Crippen molar-refractivity contribution in [1.29, 1.82) is 5.41 Å². The molecular formula is C18H22N4. The summed E-state index contributed by atoms with van der Waals surface area (Å²) >= 11 is 0. The summed E-state index contributed by atoms with van der Waals surface area (Å²) in [5, 5.41) is 12.0. The Morgan fingerprint density at radius 3 is 2.41 bits per heavy atom. The number of nitrogens with one attached hydrogen (secondary N) is 2. The van der Waals surface area contributed by atoms with Crippen LogP contribution in [0.4, 0.5) is 0 Å². The highest BCUT2D eigenvalue weighted by Gasteiger charge is 2.17. The normalized spacial score (nSPS) is 11.6. The van der Waals surface area contributed by atoms with E-state index >= 15 is 0 Å². The van der Waals surface area contributed by atoms with Crippen molar-refractivity contribution in [2.75, 3.05) is 0 Å². The van der Waals surface area contributed by atoms with Gasteiger partial charge in [0.25, 0.3) is 0 Å². The summed E-state index contributed by atoms with van der Waals surface area (Å²) in [6.07, 6.45) is 6.14. The first-order chi connectivity index (χ1) is 10.5. The molecule has 1 aromatic carbocycles. The van der Waals surface area contributed by atoms with Crippen LogP contribution in [0.5, 0.6) is 0 Å². The van der Waals surface area contributed by atoms with E-state index in [1.807, 2.05) is 12.1 Å². The van der Waals surface area contributed by atoms with Crippen molar-refractivity contribution >= 4 is 12.1 Å². The predicted molar refractivity (Wildman–Crippen MR) is 91.6 cm³/mol. The van der Waals surface area contributed by atoms with Gasteiger partial charge in [0.2, 0.25) is 0 Å². The van der Waals surface area contributed by atoms with Gasteiger partial charge in [0.05, 0.1) is 6.21 Å². The molecule has 0 atom stereocenters. The van der Waals surface area contributed by atoms with Crippen LogP contribution in [0.2, 0.25) is 0 Å². The molecule has 0 aliphatic heterocycles. The second-order valence-corrected chi connectivity index (χ2v) is 5.84. The molecule has 0 saturated heterocycles. The first-order valence-corrected chi connectivity index (χ1v) is 7.41. The van der Waals surface area contributed by atoms with Crippen molar-refractivity contribution in [2.24, 2.45) is 5.10 Å². The van der Waals surface area contributed by atoms with Crippen LogP contribution in [-0.4, -0.2) is 17.0 Å². The van der Waals surface area contributed by atoms with Gasteiger partial charge in [-0.2, -0.15) is 5.10 Å². The molecule has 4 nitrogen and oxygen atoms in total. The number of nitrogens with zero attached hydrogens (tertiary/aromatic N) is 2. The summed E-state index contributed by atoms with van der Waals surface area (Å²) < 4.78 is 0. The maximum absolute atomic E-state index is 7.88. The Hall–Kier alpha value is -2.49. The highest BCUT2D eigenvalue weighted by atomic mass is 15.3. The number of benzene rings is 1. The molecule has 1 aromatic heterocycles. The first-order valence-electron chi connectivity index (χ1n) is 7.41. The number of amidine groups is 1. The van der Waals surface area contributed by atoms with Crippen LogP contribution < -0.4 is 5.43 Å². The van der Waals surface area contributed by atoms with Gasteiger partial charge in [0.1, 0.15) is 5.84 Å². The molecule has 0 bridgehead atoms. The Bertz CT molecular complexity index is 643. The van der Waals surface area contributed by atoms with Gasteiger partial charge in [-0.25, -0.2) is 0 Å². The molecule has 0 aliphatic rings. The van der Waals surface area contributed by atoms with Crippen LogP contribution in [-0.2, 0) is 5.41 Å². The predicted octanol–water partition coefficient (Wildman–Crippen LogP) is 3.72. The zero-order valence-corrected chi connectivity index (χ0v) is 13.3. The van der Waals surface area contributed by atoms with Crippen LogP contribution >= 0.6 is 0 Å². The van der Waals surface area contributed by atoms with E-state index in [0.717, 1.165) is 17.5 Å². The van der Waals surface area contributed by atoms with Gasteiger partial charge in [-0.15, -0.1) is 0 Å². The smallest absolute Gasteiger partial charge is 0.146 e. The highest BCUT2D eigenvalue weighted by molar-refractivity contribution is 5.96. The minimum absolute atomic E-state index is 0.192. The van der Waals surface area contributed by atoms with Gasteiger partial charge in [-0.05, 0) is 35.1 Å². The fourth-order valence-corrected chi connectivity index (χ4v) is 1.98. The molecule has 2 rings (SSSR count). The van der Waals surface area contributed by atoms with Crippen molar-refractivity contribution < 1.29 is 0 Å². The molecule has 0 amide bonds. The van der Waals surface area contributed by atoms with E-state index in [4.69, 9.17) is 5.41 Å².